The summed E-state index contributed by atoms with van der Waals surface area (Å²) in [4.78, 5) is 17.1. The van der Waals surface area contributed by atoms with Gasteiger partial charge in [0.2, 0.25) is 11.8 Å². The Morgan fingerprint density at radius 3 is 2.60 bits per heavy atom. The molecule has 20 heavy (non-hydrogen) atoms. The highest BCUT2D eigenvalue weighted by Gasteiger charge is 2.11. The van der Waals surface area contributed by atoms with E-state index in [-0.39, 0.29) is 5.43 Å². The van der Waals surface area contributed by atoms with Gasteiger partial charge in [-0.05, 0) is 20.9 Å². The van der Waals surface area contributed by atoms with E-state index < -0.39 is 0 Å². The second-order valence-electron chi connectivity index (χ2n) is 5.02. The summed E-state index contributed by atoms with van der Waals surface area (Å²) in [6, 6.07) is 0. The molecular formula is C14H20N4O2. The minimum absolute atomic E-state index is 0.0956. The highest BCUT2D eigenvalue weighted by atomic mass is 16.4. The van der Waals surface area contributed by atoms with Crippen LogP contribution in [0.15, 0.2) is 15.4 Å². The summed E-state index contributed by atoms with van der Waals surface area (Å²) in [6.45, 7) is 6.82. The lowest BCUT2D eigenvalue weighted by Crippen LogP contribution is -2.22. The van der Waals surface area contributed by atoms with Crippen LogP contribution >= 0.6 is 0 Å². The summed E-state index contributed by atoms with van der Waals surface area (Å²) in [6.07, 6.45) is 2.49. The van der Waals surface area contributed by atoms with E-state index in [1.165, 1.54) is 0 Å². The lowest BCUT2D eigenvalue weighted by Gasteiger charge is -2.15. The van der Waals surface area contributed by atoms with Crippen molar-refractivity contribution in [3.8, 4) is 0 Å². The monoisotopic (exact) mass is 276 g/mol. The van der Waals surface area contributed by atoms with Gasteiger partial charge < -0.3 is 9.40 Å². The average molecular weight is 276 g/mol. The van der Waals surface area contributed by atoms with Gasteiger partial charge in [-0.2, -0.15) is 0 Å². The minimum Gasteiger partial charge on any atom is -0.424 e. The second kappa shape index (κ2) is 6.00. The summed E-state index contributed by atoms with van der Waals surface area (Å²) in [5.74, 6) is 1.24. The number of H-pyrrole nitrogens is 1. The van der Waals surface area contributed by atoms with E-state index in [0.717, 1.165) is 23.2 Å². The molecule has 1 N–H and O–H groups in total. The fourth-order valence-corrected chi connectivity index (χ4v) is 2.02. The molecule has 0 saturated heterocycles. The third-order valence-corrected chi connectivity index (χ3v) is 3.26. The predicted molar refractivity (Wildman–Crippen MR) is 75.4 cm³/mol. The Labute approximate surface area is 117 Å². The predicted octanol–water partition coefficient (Wildman–Crippen LogP) is 1.57. The van der Waals surface area contributed by atoms with Crippen molar-refractivity contribution in [3.63, 3.8) is 0 Å². The Morgan fingerprint density at radius 2 is 1.95 bits per heavy atom. The molecule has 2 rings (SSSR count). The number of nitrogens with one attached hydrogen (secondary N) is 1. The van der Waals surface area contributed by atoms with E-state index in [9.17, 15) is 4.79 Å². The molecule has 0 unspecified atom stereocenters. The van der Waals surface area contributed by atoms with Crippen LogP contribution in [0, 0.1) is 13.8 Å². The Balaban J connectivity index is 2.06. The number of pyridine rings is 1. The number of aromatic amines is 1. The van der Waals surface area contributed by atoms with Crippen molar-refractivity contribution in [1.82, 2.24) is 20.1 Å². The number of hydrogen-bond acceptors (Lipinski definition) is 5. The highest BCUT2D eigenvalue weighted by molar-refractivity contribution is 5.23. The van der Waals surface area contributed by atoms with E-state index in [1.54, 1.807) is 6.20 Å². The van der Waals surface area contributed by atoms with Gasteiger partial charge in [0.05, 0.1) is 6.54 Å². The van der Waals surface area contributed by atoms with Crippen LogP contribution in [0.4, 0.5) is 0 Å². The van der Waals surface area contributed by atoms with Crippen LogP contribution in [0.5, 0.6) is 0 Å². The molecule has 0 radical (unpaired) electrons. The molecule has 0 aliphatic carbocycles. The third kappa shape index (κ3) is 3.14. The maximum absolute atomic E-state index is 11.9. The molecule has 0 spiro atoms. The van der Waals surface area contributed by atoms with Crippen LogP contribution in [-0.2, 0) is 19.5 Å². The Kier molecular flexibility index (Phi) is 4.34. The molecule has 0 aliphatic rings. The standard InChI is InChI=1S/C14H20N4O2/c1-5-12-16-17-13(20-12)8-18(4)7-11-10(3)14(19)9(2)6-15-11/h6H,5,7-8H2,1-4H3,(H,15,19). The number of nitrogens with zero attached hydrogens (tertiary/aromatic N) is 3. The van der Waals surface area contributed by atoms with Crippen molar-refractivity contribution in [1.29, 1.82) is 0 Å². The molecule has 2 heterocycles. The molecule has 0 fully saturated rings. The van der Waals surface area contributed by atoms with E-state index in [4.69, 9.17) is 4.42 Å². The number of rotatable bonds is 5. The largest absolute Gasteiger partial charge is 0.424 e. The normalized spacial score (nSPS) is 11.2. The van der Waals surface area contributed by atoms with Crippen molar-refractivity contribution in [2.75, 3.05) is 7.05 Å². The fourth-order valence-electron chi connectivity index (χ4n) is 2.02. The molecule has 0 aromatic carbocycles. The molecule has 0 aliphatic heterocycles. The van der Waals surface area contributed by atoms with E-state index in [2.05, 4.69) is 15.2 Å². The molecule has 0 bridgehead atoms. The van der Waals surface area contributed by atoms with Crippen LogP contribution in [0.2, 0.25) is 0 Å². The molecular weight excluding hydrogens is 256 g/mol. The van der Waals surface area contributed by atoms with Gasteiger partial charge in [-0.3, -0.25) is 9.69 Å². The first-order valence-electron chi connectivity index (χ1n) is 6.68. The molecule has 2 aromatic heterocycles. The smallest absolute Gasteiger partial charge is 0.230 e. The third-order valence-electron chi connectivity index (χ3n) is 3.26. The zero-order valence-electron chi connectivity index (χ0n) is 12.4. The van der Waals surface area contributed by atoms with Crippen LogP contribution in [0.3, 0.4) is 0 Å². The summed E-state index contributed by atoms with van der Waals surface area (Å²) in [5.41, 5.74) is 2.51. The number of aromatic nitrogens is 3. The SMILES string of the molecule is CCc1nnc(CN(C)Cc2[nH]cc(C)c(=O)c2C)o1. The van der Waals surface area contributed by atoms with Crippen molar-refractivity contribution >= 4 is 0 Å². The molecule has 6 heteroatoms. The van der Waals surface area contributed by atoms with Gasteiger partial charge in [-0.15, -0.1) is 10.2 Å². The summed E-state index contributed by atoms with van der Waals surface area (Å²) in [7, 11) is 1.95. The van der Waals surface area contributed by atoms with Gasteiger partial charge in [-0.25, -0.2) is 0 Å². The van der Waals surface area contributed by atoms with Gasteiger partial charge in [0.1, 0.15) is 0 Å². The Hall–Kier alpha value is -1.95. The maximum atomic E-state index is 11.9. The van der Waals surface area contributed by atoms with E-state index in [0.29, 0.717) is 24.9 Å². The summed E-state index contributed by atoms with van der Waals surface area (Å²) >= 11 is 0. The Bertz CT molecular complexity index is 645. The van der Waals surface area contributed by atoms with Crippen molar-refractivity contribution < 1.29 is 4.42 Å². The lowest BCUT2D eigenvalue weighted by molar-refractivity contribution is 0.274. The molecule has 0 saturated carbocycles. The van der Waals surface area contributed by atoms with Crippen molar-refractivity contribution in [2.45, 2.75) is 40.3 Å². The van der Waals surface area contributed by atoms with Crippen LogP contribution in [-0.4, -0.2) is 27.1 Å². The molecule has 2 aromatic rings. The molecule has 6 nitrogen and oxygen atoms in total. The topological polar surface area (TPSA) is 75.0 Å². The van der Waals surface area contributed by atoms with Gasteiger partial charge in [0.25, 0.3) is 0 Å². The minimum atomic E-state index is 0.0956. The lowest BCUT2D eigenvalue weighted by atomic mass is 10.1. The molecule has 108 valence electrons. The highest BCUT2D eigenvalue weighted by Crippen LogP contribution is 2.08. The fraction of sp³-hybridized carbons (Fsp3) is 0.500. The van der Waals surface area contributed by atoms with E-state index in [1.807, 2.05) is 32.7 Å². The van der Waals surface area contributed by atoms with Gasteiger partial charge in [-0.1, -0.05) is 6.92 Å². The van der Waals surface area contributed by atoms with Crippen LogP contribution in [0.25, 0.3) is 0 Å². The Morgan fingerprint density at radius 1 is 1.25 bits per heavy atom. The van der Waals surface area contributed by atoms with Crippen LogP contribution < -0.4 is 5.43 Å². The van der Waals surface area contributed by atoms with Crippen LogP contribution in [0.1, 0.15) is 35.5 Å². The number of hydrogen-bond donors (Lipinski definition) is 1. The first-order valence-corrected chi connectivity index (χ1v) is 6.68. The zero-order valence-corrected chi connectivity index (χ0v) is 12.4. The van der Waals surface area contributed by atoms with Crippen molar-refractivity contribution in [3.05, 3.63) is 45.0 Å². The van der Waals surface area contributed by atoms with Gasteiger partial charge >= 0.3 is 0 Å². The number of aryl methyl sites for hydroxylation is 2. The first-order chi connectivity index (χ1) is 9.51. The van der Waals surface area contributed by atoms with Gasteiger partial charge in [0, 0.05) is 36.0 Å². The van der Waals surface area contributed by atoms with E-state index >= 15 is 0 Å². The quantitative estimate of drug-likeness (QED) is 0.897. The summed E-state index contributed by atoms with van der Waals surface area (Å²) < 4.78 is 5.48. The average Bonchev–Trinajstić information content (AvgIpc) is 2.87. The molecule has 0 atom stereocenters. The summed E-state index contributed by atoms with van der Waals surface area (Å²) in [5, 5.41) is 7.93. The zero-order chi connectivity index (χ0) is 14.7. The second-order valence-corrected chi connectivity index (χ2v) is 5.02. The van der Waals surface area contributed by atoms with Gasteiger partial charge in [0.15, 0.2) is 5.43 Å². The first kappa shape index (κ1) is 14.5. The maximum Gasteiger partial charge on any atom is 0.230 e. The molecule has 0 amide bonds. The van der Waals surface area contributed by atoms with Crippen molar-refractivity contribution in [2.24, 2.45) is 0 Å².